The van der Waals surface area contributed by atoms with Crippen molar-refractivity contribution in [2.24, 2.45) is 22.9 Å². The first-order valence-corrected chi connectivity index (χ1v) is 4.54. The number of hydrogen-bond acceptors (Lipinski definition) is 6. The summed E-state index contributed by atoms with van der Waals surface area (Å²) >= 11 is 0. The molecule has 17 heavy (non-hydrogen) atoms. The van der Waals surface area contributed by atoms with Gasteiger partial charge in [0.2, 0.25) is 0 Å². The molecule has 0 heterocycles. The van der Waals surface area contributed by atoms with E-state index in [1.165, 1.54) is 0 Å². The molecule has 0 aromatic heterocycles. The van der Waals surface area contributed by atoms with Crippen LogP contribution in [0.25, 0.3) is 0 Å². The minimum atomic E-state index is 0. The van der Waals surface area contributed by atoms with Crippen LogP contribution in [-0.2, 0) is 0 Å². The molecule has 1 aromatic rings. The van der Waals surface area contributed by atoms with Crippen LogP contribution in [0.15, 0.2) is 24.3 Å². The zero-order chi connectivity index (χ0) is 12.1. The van der Waals surface area contributed by atoms with Crippen LogP contribution in [0.1, 0.15) is 14.9 Å². The van der Waals surface area contributed by atoms with Gasteiger partial charge in [-0.1, -0.05) is 27.0 Å². The normalized spacial score (nSPS) is 7.06. The fourth-order valence-electron chi connectivity index (χ4n) is 0.511. The number of hydrogen-bond donors (Lipinski definition) is 6. The number of rotatable bonds is 1. The van der Waals surface area contributed by atoms with Crippen molar-refractivity contribution in [2.45, 2.75) is 14.9 Å². The molecule has 0 spiro atoms. The number of nitrogen functional groups attached to an aromatic ring is 2. The number of nitrogens with two attached hydrogens (primary N) is 6. The minimum absolute atomic E-state index is 0. The first-order chi connectivity index (χ1) is 7.13. The SMILES string of the molecule is C.C.NCCN.NCN.Nc1ccccc1N. The fourth-order valence-corrected chi connectivity index (χ4v) is 0.511. The van der Waals surface area contributed by atoms with Gasteiger partial charge in [-0.3, -0.25) is 0 Å². The van der Waals surface area contributed by atoms with Gasteiger partial charge < -0.3 is 34.4 Å². The Kier molecular flexibility index (Phi) is 29.3. The molecular weight excluding hydrogens is 216 g/mol. The van der Waals surface area contributed by atoms with Crippen molar-refractivity contribution in [1.82, 2.24) is 0 Å². The summed E-state index contributed by atoms with van der Waals surface area (Å²) in [5, 5.41) is 0. The van der Waals surface area contributed by atoms with Gasteiger partial charge in [-0.25, -0.2) is 0 Å². The van der Waals surface area contributed by atoms with E-state index in [2.05, 4.69) is 11.5 Å². The zero-order valence-electron chi connectivity index (χ0n) is 8.89. The average molecular weight is 246 g/mol. The summed E-state index contributed by atoms with van der Waals surface area (Å²) < 4.78 is 0. The molecular formula is C11H30N6. The fraction of sp³-hybridized carbons (Fsp3) is 0.455. The van der Waals surface area contributed by atoms with E-state index in [-0.39, 0.29) is 21.5 Å². The molecule has 0 aliphatic carbocycles. The smallest absolute Gasteiger partial charge is 0.0547 e. The van der Waals surface area contributed by atoms with E-state index < -0.39 is 0 Å². The van der Waals surface area contributed by atoms with Gasteiger partial charge in [0, 0.05) is 19.8 Å². The first-order valence-electron chi connectivity index (χ1n) is 4.54. The quantitative estimate of drug-likeness (QED) is 0.300. The van der Waals surface area contributed by atoms with Crippen molar-refractivity contribution in [3.63, 3.8) is 0 Å². The highest BCUT2D eigenvalue weighted by molar-refractivity contribution is 5.62. The standard InChI is InChI=1S/C6H8N2.C2H8N2.CH6N2.2CH4/c7-5-3-1-2-4-6(5)8;3-1-2-4;2-1-3;;/h1-4H,7-8H2;1-4H2;1-3H2;2*1H4. The molecule has 1 aromatic carbocycles. The number of anilines is 2. The van der Waals surface area contributed by atoms with Crippen molar-refractivity contribution < 1.29 is 0 Å². The summed E-state index contributed by atoms with van der Waals surface area (Å²) in [6, 6.07) is 7.25. The molecule has 0 saturated carbocycles. The molecule has 0 radical (unpaired) electrons. The van der Waals surface area contributed by atoms with E-state index in [4.69, 9.17) is 22.9 Å². The van der Waals surface area contributed by atoms with E-state index in [0.29, 0.717) is 24.5 Å². The Balaban J connectivity index is -0.0000000821. The molecule has 0 aliphatic heterocycles. The van der Waals surface area contributed by atoms with Crippen LogP contribution >= 0.6 is 0 Å². The molecule has 1 rings (SSSR count). The topological polar surface area (TPSA) is 156 Å². The van der Waals surface area contributed by atoms with Crippen LogP contribution in [-0.4, -0.2) is 19.8 Å². The maximum atomic E-state index is 5.39. The lowest BCUT2D eigenvalue weighted by atomic mass is 10.3. The third kappa shape index (κ3) is 20.7. The lowest BCUT2D eigenvalue weighted by Gasteiger charge is -1.94. The maximum absolute atomic E-state index is 5.39. The molecule has 6 nitrogen and oxygen atoms in total. The number of para-hydroxylation sites is 2. The Labute approximate surface area is 105 Å². The third-order valence-corrected chi connectivity index (χ3v) is 1.16. The summed E-state index contributed by atoms with van der Waals surface area (Å²) in [5.41, 5.74) is 31.1. The van der Waals surface area contributed by atoms with Gasteiger partial charge in [-0.15, -0.1) is 0 Å². The average Bonchev–Trinajstić information content (AvgIpc) is 2.24. The second-order valence-corrected chi connectivity index (χ2v) is 2.44. The van der Waals surface area contributed by atoms with Crippen molar-refractivity contribution in [3.8, 4) is 0 Å². The van der Waals surface area contributed by atoms with Crippen molar-refractivity contribution in [2.75, 3.05) is 31.2 Å². The van der Waals surface area contributed by atoms with Crippen molar-refractivity contribution in [3.05, 3.63) is 24.3 Å². The predicted molar refractivity (Wildman–Crippen MR) is 80.1 cm³/mol. The van der Waals surface area contributed by atoms with E-state index >= 15 is 0 Å². The molecule has 0 aliphatic rings. The van der Waals surface area contributed by atoms with Crippen LogP contribution in [0, 0.1) is 0 Å². The molecule has 12 N–H and O–H groups in total. The predicted octanol–water partition coefficient (Wildman–Crippen LogP) is -0.112. The van der Waals surface area contributed by atoms with Crippen LogP contribution in [0.3, 0.4) is 0 Å². The van der Waals surface area contributed by atoms with E-state index in [0.717, 1.165) is 0 Å². The summed E-state index contributed by atoms with van der Waals surface area (Å²) in [5.74, 6) is 0. The van der Waals surface area contributed by atoms with Gasteiger partial charge in [-0.2, -0.15) is 0 Å². The summed E-state index contributed by atoms with van der Waals surface area (Å²) in [6.45, 7) is 1.44. The van der Waals surface area contributed by atoms with E-state index in [1.54, 1.807) is 12.1 Å². The second-order valence-electron chi connectivity index (χ2n) is 2.44. The molecule has 0 fully saturated rings. The lowest BCUT2D eigenvalue weighted by Crippen LogP contribution is -2.11. The Morgan fingerprint density at radius 2 is 0.941 bits per heavy atom. The van der Waals surface area contributed by atoms with Gasteiger partial charge in [-0.05, 0) is 12.1 Å². The molecule has 0 unspecified atom stereocenters. The highest BCUT2D eigenvalue weighted by atomic mass is 14.7. The van der Waals surface area contributed by atoms with Crippen molar-refractivity contribution >= 4 is 11.4 Å². The second kappa shape index (κ2) is 20.1. The van der Waals surface area contributed by atoms with Crippen molar-refractivity contribution in [1.29, 1.82) is 0 Å². The highest BCUT2D eigenvalue weighted by Gasteiger charge is 1.85. The van der Waals surface area contributed by atoms with Gasteiger partial charge in [0.15, 0.2) is 0 Å². The summed E-state index contributed by atoms with van der Waals surface area (Å²) in [6.07, 6.45) is 0. The van der Waals surface area contributed by atoms with Crippen LogP contribution in [0.2, 0.25) is 0 Å². The summed E-state index contributed by atoms with van der Waals surface area (Å²) in [4.78, 5) is 0. The highest BCUT2D eigenvalue weighted by Crippen LogP contribution is 2.10. The van der Waals surface area contributed by atoms with Gasteiger partial charge in [0.1, 0.15) is 0 Å². The Morgan fingerprint density at radius 3 is 1.06 bits per heavy atom. The van der Waals surface area contributed by atoms with Crippen LogP contribution < -0.4 is 34.4 Å². The lowest BCUT2D eigenvalue weighted by molar-refractivity contribution is 0.976. The number of benzene rings is 1. The van der Waals surface area contributed by atoms with Gasteiger partial charge in [0.05, 0.1) is 11.4 Å². The van der Waals surface area contributed by atoms with Crippen LogP contribution in [0.4, 0.5) is 11.4 Å². The van der Waals surface area contributed by atoms with Gasteiger partial charge in [0.25, 0.3) is 0 Å². The first kappa shape index (κ1) is 24.8. The van der Waals surface area contributed by atoms with E-state index in [9.17, 15) is 0 Å². The molecule has 104 valence electrons. The third-order valence-electron chi connectivity index (χ3n) is 1.16. The molecule has 0 amide bonds. The zero-order valence-corrected chi connectivity index (χ0v) is 8.89. The van der Waals surface area contributed by atoms with Gasteiger partial charge >= 0.3 is 0 Å². The largest absolute Gasteiger partial charge is 0.397 e. The summed E-state index contributed by atoms with van der Waals surface area (Å²) in [7, 11) is 0. The molecule has 0 bridgehead atoms. The van der Waals surface area contributed by atoms with E-state index in [1.807, 2.05) is 12.1 Å². The Hall–Kier alpha value is -1.34. The molecule has 6 heteroatoms. The maximum Gasteiger partial charge on any atom is 0.0547 e. The minimum Gasteiger partial charge on any atom is -0.397 e. The molecule has 0 saturated heterocycles. The molecule has 0 atom stereocenters. The Bertz CT molecular complexity index is 206. The van der Waals surface area contributed by atoms with Crippen LogP contribution in [0.5, 0.6) is 0 Å². The monoisotopic (exact) mass is 246 g/mol. The Morgan fingerprint density at radius 1 is 0.706 bits per heavy atom.